The molecule has 2 aromatic rings. The molecule has 0 fully saturated rings. The van der Waals surface area contributed by atoms with Crippen LogP contribution in [-0.4, -0.2) is 26.2 Å². The largest absolute Gasteiger partial charge is 0.497 e. The first kappa shape index (κ1) is 17.7. The summed E-state index contributed by atoms with van der Waals surface area (Å²) < 4.78 is 10.7. The Morgan fingerprint density at radius 2 is 1.54 bits per heavy atom. The summed E-state index contributed by atoms with van der Waals surface area (Å²) in [7, 11) is 1.61. The normalized spacial score (nSPS) is 10.3. The summed E-state index contributed by atoms with van der Waals surface area (Å²) in [5.74, 6) is 1.97. The highest BCUT2D eigenvalue weighted by Gasteiger charge is 2.03. The molecule has 0 atom stereocenters. The summed E-state index contributed by atoms with van der Waals surface area (Å²) >= 11 is 0. The molecule has 0 spiro atoms. The molecule has 5 nitrogen and oxygen atoms in total. The van der Waals surface area contributed by atoms with Crippen molar-refractivity contribution in [2.45, 2.75) is 13.8 Å². The van der Waals surface area contributed by atoms with Crippen LogP contribution in [0.25, 0.3) is 0 Å². The second-order valence-electron chi connectivity index (χ2n) is 5.86. The summed E-state index contributed by atoms with van der Waals surface area (Å²) in [6, 6.07) is 14.8. The molecule has 0 bridgehead atoms. The maximum absolute atomic E-state index is 12.0. The standard InChI is InChI=1S/C19H24N2O3/c1-14(2)13-24-18-10-4-15(5-11-18)20-12-19(22)21-16-6-8-17(23-3)9-7-16/h4-11,14,20H,12-13H2,1-3H3,(H,21,22). The molecule has 5 heteroatoms. The Bertz CT molecular complexity index is 637. The van der Waals surface area contributed by atoms with Crippen LogP contribution in [0.2, 0.25) is 0 Å². The van der Waals surface area contributed by atoms with Crippen molar-refractivity contribution < 1.29 is 14.3 Å². The van der Waals surface area contributed by atoms with Gasteiger partial charge in [0.25, 0.3) is 0 Å². The van der Waals surface area contributed by atoms with Crippen molar-refractivity contribution in [2.24, 2.45) is 5.92 Å². The Kier molecular flexibility index (Phi) is 6.49. The van der Waals surface area contributed by atoms with Gasteiger partial charge in [0.1, 0.15) is 11.5 Å². The van der Waals surface area contributed by atoms with Crippen LogP contribution < -0.4 is 20.1 Å². The van der Waals surface area contributed by atoms with Crippen molar-refractivity contribution in [2.75, 3.05) is 30.9 Å². The topological polar surface area (TPSA) is 59.6 Å². The third-order valence-electron chi connectivity index (χ3n) is 3.26. The number of carbonyl (C=O) groups excluding carboxylic acids is 1. The molecule has 128 valence electrons. The highest BCUT2D eigenvalue weighted by atomic mass is 16.5. The Morgan fingerprint density at radius 1 is 0.958 bits per heavy atom. The number of carbonyl (C=O) groups is 1. The van der Waals surface area contributed by atoms with Crippen LogP contribution in [0.3, 0.4) is 0 Å². The third kappa shape index (κ3) is 5.83. The maximum atomic E-state index is 12.0. The predicted molar refractivity (Wildman–Crippen MR) is 96.9 cm³/mol. The van der Waals surface area contributed by atoms with Crippen molar-refractivity contribution in [1.82, 2.24) is 0 Å². The van der Waals surface area contributed by atoms with Crippen LogP contribution in [0, 0.1) is 5.92 Å². The minimum Gasteiger partial charge on any atom is -0.497 e. The van der Waals surface area contributed by atoms with E-state index in [1.54, 1.807) is 31.4 Å². The van der Waals surface area contributed by atoms with E-state index in [1.807, 2.05) is 24.3 Å². The lowest BCUT2D eigenvalue weighted by atomic mass is 10.2. The van der Waals surface area contributed by atoms with E-state index in [4.69, 9.17) is 9.47 Å². The smallest absolute Gasteiger partial charge is 0.243 e. The zero-order valence-electron chi connectivity index (χ0n) is 14.3. The van der Waals surface area contributed by atoms with Gasteiger partial charge in [-0.25, -0.2) is 0 Å². The molecule has 0 saturated heterocycles. The maximum Gasteiger partial charge on any atom is 0.243 e. The van der Waals surface area contributed by atoms with Gasteiger partial charge >= 0.3 is 0 Å². The van der Waals surface area contributed by atoms with Crippen LogP contribution in [0.5, 0.6) is 11.5 Å². The summed E-state index contributed by atoms with van der Waals surface area (Å²) in [5.41, 5.74) is 1.61. The SMILES string of the molecule is COc1ccc(NC(=O)CNc2ccc(OCC(C)C)cc2)cc1. The highest BCUT2D eigenvalue weighted by molar-refractivity contribution is 5.93. The number of methoxy groups -OCH3 is 1. The zero-order chi connectivity index (χ0) is 17.4. The lowest BCUT2D eigenvalue weighted by molar-refractivity contribution is -0.114. The lowest BCUT2D eigenvalue weighted by Gasteiger charge is -2.11. The van der Waals surface area contributed by atoms with Gasteiger partial charge in [-0.1, -0.05) is 13.8 Å². The first-order valence-corrected chi connectivity index (χ1v) is 7.97. The Labute approximate surface area is 143 Å². The molecule has 1 amide bonds. The molecule has 0 unspecified atom stereocenters. The van der Waals surface area contributed by atoms with E-state index < -0.39 is 0 Å². The molecular weight excluding hydrogens is 304 g/mol. The van der Waals surface area contributed by atoms with Gasteiger partial charge in [0, 0.05) is 11.4 Å². The molecule has 2 rings (SSSR count). The second-order valence-corrected chi connectivity index (χ2v) is 5.86. The Balaban J connectivity index is 1.78. The number of rotatable bonds is 8. The number of benzene rings is 2. The third-order valence-corrected chi connectivity index (χ3v) is 3.26. The van der Waals surface area contributed by atoms with E-state index in [-0.39, 0.29) is 12.5 Å². The van der Waals surface area contributed by atoms with E-state index in [9.17, 15) is 4.79 Å². The van der Waals surface area contributed by atoms with Crippen molar-refractivity contribution in [3.8, 4) is 11.5 Å². The van der Waals surface area contributed by atoms with Crippen LogP contribution in [0.1, 0.15) is 13.8 Å². The Hall–Kier alpha value is -2.69. The molecule has 2 aromatic carbocycles. The van der Waals surface area contributed by atoms with E-state index in [0.717, 1.165) is 22.9 Å². The molecule has 0 radical (unpaired) electrons. The summed E-state index contributed by atoms with van der Waals surface area (Å²) in [6.07, 6.45) is 0. The predicted octanol–water partition coefficient (Wildman–Crippen LogP) is 3.78. The average Bonchev–Trinajstić information content (AvgIpc) is 2.59. The molecular formula is C19H24N2O3. The van der Waals surface area contributed by atoms with E-state index >= 15 is 0 Å². The fourth-order valence-electron chi connectivity index (χ4n) is 1.99. The second kappa shape index (κ2) is 8.82. The fraction of sp³-hybridized carbons (Fsp3) is 0.316. The molecule has 0 heterocycles. The van der Waals surface area contributed by atoms with Gasteiger partial charge in [0.05, 0.1) is 20.3 Å². The molecule has 24 heavy (non-hydrogen) atoms. The number of ether oxygens (including phenoxy) is 2. The average molecular weight is 328 g/mol. The van der Waals surface area contributed by atoms with Gasteiger partial charge in [-0.2, -0.15) is 0 Å². The molecule has 0 aliphatic heterocycles. The number of hydrogen-bond acceptors (Lipinski definition) is 4. The molecule has 0 aliphatic rings. The van der Waals surface area contributed by atoms with Crippen molar-refractivity contribution in [3.05, 3.63) is 48.5 Å². The van der Waals surface area contributed by atoms with Crippen molar-refractivity contribution in [1.29, 1.82) is 0 Å². The van der Waals surface area contributed by atoms with Crippen molar-refractivity contribution >= 4 is 17.3 Å². The van der Waals surface area contributed by atoms with Crippen LogP contribution in [0.15, 0.2) is 48.5 Å². The van der Waals surface area contributed by atoms with Crippen LogP contribution in [0.4, 0.5) is 11.4 Å². The van der Waals surface area contributed by atoms with Crippen LogP contribution >= 0.6 is 0 Å². The summed E-state index contributed by atoms with van der Waals surface area (Å²) in [4.78, 5) is 12.0. The molecule has 0 saturated carbocycles. The number of anilines is 2. The van der Waals surface area contributed by atoms with Crippen LogP contribution in [-0.2, 0) is 4.79 Å². The van der Waals surface area contributed by atoms with E-state index in [0.29, 0.717) is 12.5 Å². The summed E-state index contributed by atoms with van der Waals surface area (Å²) in [6.45, 7) is 5.10. The van der Waals surface area contributed by atoms with E-state index in [1.165, 1.54) is 0 Å². The first-order chi connectivity index (χ1) is 11.6. The molecule has 2 N–H and O–H groups in total. The lowest BCUT2D eigenvalue weighted by Crippen LogP contribution is -2.21. The Morgan fingerprint density at radius 3 is 2.12 bits per heavy atom. The fourth-order valence-corrected chi connectivity index (χ4v) is 1.99. The van der Waals surface area contributed by atoms with Gasteiger partial charge in [-0.3, -0.25) is 4.79 Å². The number of amides is 1. The van der Waals surface area contributed by atoms with Gasteiger partial charge in [-0.15, -0.1) is 0 Å². The highest BCUT2D eigenvalue weighted by Crippen LogP contribution is 2.17. The molecule has 0 aliphatic carbocycles. The van der Waals surface area contributed by atoms with Gasteiger partial charge < -0.3 is 20.1 Å². The van der Waals surface area contributed by atoms with Crippen molar-refractivity contribution in [3.63, 3.8) is 0 Å². The zero-order valence-corrected chi connectivity index (χ0v) is 14.3. The first-order valence-electron chi connectivity index (χ1n) is 7.97. The van der Waals surface area contributed by atoms with Gasteiger partial charge in [-0.05, 0) is 54.4 Å². The minimum atomic E-state index is -0.111. The van der Waals surface area contributed by atoms with Gasteiger partial charge in [0.2, 0.25) is 5.91 Å². The number of hydrogen-bond donors (Lipinski definition) is 2. The van der Waals surface area contributed by atoms with E-state index in [2.05, 4.69) is 24.5 Å². The monoisotopic (exact) mass is 328 g/mol. The number of nitrogens with one attached hydrogen (secondary N) is 2. The quantitative estimate of drug-likeness (QED) is 0.774. The minimum absolute atomic E-state index is 0.111. The van der Waals surface area contributed by atoms with Gasteiger partial charge in [0.15, 0.2) is 0 Å². The molecule has 0 aromatic heterocycles. The summed E-state index contributed by atoms with van der Waals surface area (Å²) in [5, 5.41) is 5.91.